The number of aliphatic hydroxyl groups is 1. The molecule has 5 aliphatic rings. The third kappa shape index (κ3) is 8.04. The van der Waals surface area contributed by atoms with Gasteiger partial charge in [-0.25, -0.2) is 4.79 Å². The molecule has 10 nitrogen and oxygen atoms in total. The molecule has 1 saturated carbocycles. The number of hydrogen-bond acceptors (Lipinski definition) is 9. The Labute approximate surface area is 293 Å². The van der Waals surface area contributed by atoms with E-state index in [2.05, 4.69) is 29.6 Å². The number of epoxide rings is 1. The van der Waals surface area contributed by atoms with Crippen molar-refractivity contribution in [1.29, 1.82) is 0 Å². The maximum atomic E-state index is 13.7. The molecule has 266 valence electrons. The summed E-state index contributed by atoms with van der Waals surface area (Å²) in [7, 11) is 0. The van der Waals surface area contributed by atoms with E-state index in [1.165, 1.54) is 0 Å². The van der Waals surface area contributed by atoms with Gasteiger partial charge in [0.25, 0.3) is 0 Å². The SMILES string of the molecule is CC(C)(C)OC(=O)CC[C@@H](CO)NC(=O)C1=C[C@H]2OC3(Cc4ccccc4C3)O[C@H]2[C@H](OC(=O)c2cccc(C=CC3CCC4OC4C3)c2)C1. The fraction of sp³-hybridized carbons (Fsp3) is 0.525. The van der Waals surface area contributed by atoms with Gasteiger partial charge in [-0.2, -0.15) is 0 Å². The Morgan fingerprint density at radius 3 is 2.54 bits per heavy atom. The fourth-order valence-electron chi connectivity index (χ4n) is 7.67. The van der Waals surface area contributed by atoms with Gasteiger partial charge in [-0.05, 0) is 87.3 Å². The van der Waals surface area contributed by atoms with Crippen molar-refractivity contribution in [2.45, 2.75) is 120 Å². The summed E-state index contributed by atoms with van der Waals surface area (Å²) in [6.45, 7) is 5.01. The molecule has 0 aromatic heterocycles. The Morgan fingerprint density at radius 2 is 1.82 bits per heavy atom. The molecule has 3 aliphatic carbocycles. The monoisotopic (exact) mass is 685 g/mol. The van der Waals surface area contributed by atoms with E-state index < -0.39 is 53.6 Å². The molecule has 10 heteroatoms. The second kappa shape index (κ2) is 14.1. The van der Waals surface area contributed by atoms with Crippen molar-refractivity contribution in [2.75, 3.05) is 6.61 Å². The maximum absolute atomic E-state index is 13.7. The third-order valence-electron chi connectivity index (χ3n) is 10.2. The van der Waals surface area contributed by atoms with Gasteiger partial charge in [0.15, 0.2) is 5.79 Å². The smallest absolute Gasteiger partial charge is 0.338 e. The minimum absolute atomic E-state index is 0.0388. The third-order valence-corrected chi connectivity index (χ3v) is 10.2. The number of carbonyl (C=O) groups is 3. The van der Waals surface area contributed by atoms with Crippen LogP contribution in [0.2, 0.25) is 0 Å². The number of aliphatic hydroxyl groups excluding tert-OH is 1. The molecule has 3 unspecified atom stereocenters. The van der Waals surface area contributed by atoms with E-state index in [0.717, 1.165) is 36.0 Å². The average molecular weight is 686 g/mol. The van der Waals surface area contributed by atoms with Crippen LogP contribution in [0.25, 0.3) is 6.08 Å². The highest BCUT2D eigenvalue weighted by molar-refractivity contribution is 5.94. The summed E-state index contributed by atoms with van der Waals surface area (Å²) in [5.41, 5.74) is 3.32. The predicted molar refractivity (Wildman–Crippen MR) is 184 cm³/mol. The quantitative estimate of drug-likeness (QED) is 0.262. The van der Waals surface area contributed by atoms with Crippen LogP contribution < -0.4 is 5.32 Å². The zero-order chi connectivity index (χ0) is 35.0. The zero-order valence-corrected chi connectivity index (χ0v) is 29.0. The lowest BCUT2D eigenvalue weighted by molar-refractivity contribution is -0.172. The number of benzene rings is 2. The van der Waals surface area contributed by atoms with Crippen molar-refractivity contribution in [3.8, 4) is 0 Å². The van der Waals surface area contributed by atoms with Crippen molar-refractivity contribution < 1.29 is 43.2 Å². The molecule has 0 bridgehead atoms. The van der Waals surface area contributed by atoms with Gasteiger partial charge in [-0.3, -0.25) is 9.59 Å². The van der Waals surface area contributed by atoms with Crippen LogP contribution >= 0.6 is 0 Å². The van der Waals surface area contributed by atoms with E-state index in [9.17, 15) is 19.5 Å². The molecule has 2 N–H and O–H groups in total. The number of fused-ring (bicyclic) bond motifs is 3. The Morgan fingerprint density at radius 1 is 1.04 bits per heavy atom. The molecule has 2 aliphatic heterocycles. The van der Waals surface area contributed by atoms with Crippen LogP contribution in [0.15, 0.2) is 66.3 Å². The standard InChI is InChI=1S/C40H47NO9/c1-39(2,3)49-35(43)16-14-30(23-42)41-37(44)29-19-33(36-34(20-29)48-40(50-36)21-27-8-4-5-9-28(27)22-40)47-38(45)26-10-6-7-24(17-26)11-12-25-13-15-31-32(18-25)46-31/h4-12,17,20,25,30-34,36,42H,13-16,18-19,21-23H2,1-3H3,(H,41,44)/t25?,30-,31?,32?,33+,34+,36-/m0/s1. The van der Waals surface area contributed by atoms with Crippen LogP contribution in [0.1, 0.15) is 86.3 Å². The van der Waals surface area contributed by atoms with Gasteiger partial charge in [0.1, 0.15) is 23.9 Å². The van der Waals surface area contributed by atoms with Gasteiger partial charge in [0.05, 0.1) is 30.4 Å². The predicted octanol–water partition coefficient (Wildman–Crippen LogP) is 5.00. The van der Waals surface area contributed by atoms with Gasteiger partial charge < -0.3 is 34.1 Å². The molecule has 3 fully saturated rings. The summed E-state index contributed by atoms with van der Waals surface area (Å²) < 4.78 is 30.4. The van der Waals surface area contributed by atoms with E-state index in [4.69, 9.17) is 23.7 Å². The molecule has 2 heterocycles. The lowest BCUT2D eigenvalue weighted by Gasteiger charge is -2.31. The number of nitrogens with one attached hydrogen (secondary N) is 1. The Bertz CT molecular complexity index is 1650. The maximum Gasteiger partial charge on any atom is 0.338 e. The summed E-state index contributed by atoms with van der Waals surface area (Å²) in [5.74, 6) is -1.81. The number of hydrogen-bond donors (Lipinski definition) is 2. The van der Waals surface area contributed by atoms with E-state index in [1.807, 2.05) is 30.3 Å². The molecule has 2 aromatic carbocycles. The number of ether oxygens (including phenoxy) is 5. The van der Waals surface area contributed by atoms with Gasteiger partial charge in [0, 0.05) is 31.3 Å². The fourth-order valence-corrected chi connectivity index (χ4v) is 7.67. The Hall–Kier alpha value is -3.83. The van der Waals surface area contributed by atoms with E-state index >= 15 is 0 Å². The van der Waals surface area contributed by atoms with Crippen molar-refractivity contribution in [2.24, 2.45) is 5.92 Å². The summed E-state index contributed by atoms with van der Waals surface area (Å²) in [6, 6.07) is 14.8. The van der Waals surface area contributed by atoms with Crippen molar-refractivity contribution in [3.63, 3.8) is 0 Å². The summed E-state index contributed by atoms with van der Waals surface area (Å²) in [4.78, 5) is 39.6. The van der Waals surface area contributed by atoms with Crippen molar-refractivity contribution in [3.05, 3.63) is 88.5 Å². The average Bonchev–Trinajstić information content (AvgIpc) is 3.64. The number of esters is 2. The van der Waals surface area contributed by atoms with Gasteiger partial charge in [-0.1, -0.05) is 48.6 Å². The highest BCUT2D eigenvalue weighted by Crippen LogP contribution is 2.45. The second-order valence-corrected chi connectivity index (χ2v) is 15.3. The first kappa shape index (κ1) is 34.6. The summed E-state index contributed by atoms with van der Waals surface area (Å²) in [5, 5.41) is 12.9. The van der Waals surface area contributed by atoms with E-state index in [-0.39, 0.29) is 25.9 Å². The molecular formula is C40H47NO9. The lowest BCUT2D eigenvalue weighted by Crippen LogP contribution is -2.45. The normalized spacial score (nSPS) is 28.3. The van der Waals surface area contributed by atoms with E-state index in [1.54, 1.807) is 32.9 Å². The van der Waals surface area contributed by atoms with Crippen LogP contribution in [-0.4, -0.2) is 77.5 Å². The molecule has 1 spiro atoms. The summed E-state index contributed by atoms with van der Waals surface area (Å²) >= 11 is 0. The van der Waals surface area contributed by atoms with Crippen LogP contribution in [0.5, 0.6) is 0 Å². The molecule has 7 rings (SSSR count). The molecule has 50 heavy (non-hydrogen) atoms. The minimum Gasteiger partial charge on any atom is -0.460 e. The van der Waals surface area contributed by atoms with E-state index in [0.29, 0.717) is 42.1 Å². The first-order chi connectivity index (χ1) is 24.0. The molecular weight excluding hydrogens is 638 g/mol. The Kier molecular flexibility index (Phi) is 9.73. The number of allylic oxidation sites excluding steroid dienone is 1. The molecule has 7 atom stereocenters. The van der Waals surface area contributed by atoms with Gasteiger partial charge in [-0.15, -0.1) is 0 Å². The minimum atomic E-state index is -0.928. The van der Waals surface area contributed by atoms with Gasteiger partial charge in [0.2, 0.25) is 5.91 Å². The van der Waals surface area contributed by atoms with Crippen LogP contribution in [-0.2, 0) is 46.1 Å². The van der Waals surface area contributed by atoms with Gasteiger partial charge >= 0.3 is 11.9 Å². The van der Waals surface area contributed by atoms with Crippen LogP contribution in [0.4, 0.5) is 0 Å². The van der Waals surface area contributed by atoms with Crippen LogP contribution in [0.3, 0.4) is 0 Å². The Balaban J connectivity index is 1.05. The molecule has 1 amide bonds. The van der Waals surface area contributed by atoms with Crippen molar-refractivity contribution in [1.82, 2.24) is 5.32 Å². The largest absolute Gasteiger partial charge is 0.460 e. The number of carbonyl (C=O) groups excluding carboxylic acids is 3. The van der Waals surface area contributed by atoms with Crippen molar-refractivity contribution >= 4 is 23.9 Å². The first-order valence-electron chi connectivity index (χ1n) is 17.9. The molecule has 0 radical (unpaired) electrons. The lowest BCUT2D eigenvalue weighted by atomic mass is 9.88. The number of amides is 1. The highest BCUT2D eigenvalue weighted by Gasteiger charge is 2.55. The zero-order valence-electron chi connectivity index (χ0n) is 29.0. The molecule has 2 saturated heterocycles. The first-order valence-corrected chi connectivity index (χ1v) is 17.9. The molecule has 2 aromatic rings. The second-order valence-electron chi connectivity index (χ2n) is 15.3. The van der Waals surface area contributed by atoms with Crippen LogP contribution in [0, 0.1) is 5.92 Å². The number of rotatable bonds is 10. The topological polar surface area (TPSA) is 133 Å². The highest BCUT2D eigenvalue weighted by atomic mass is 16.8. The summed E-state index contributed by atoms with van der Waals surface area (Å²) in [6.07, 6.45) is 9.47.